The molecule has 0 aliphatic heterocycles. The summed E-state index contributed by atoms with van der Waals surface area (Å²) >= 11 is 0. The molecule has 0 aliphatic carbocycles. The number of nitriles is 1. The molecule has 0 aromatic heterocycles. The number of aryl methyl sites for hydroxylation is 1. The predicted octanol–water partition coefficient (Wildman–Crippen LogP) is 3.51. The van der Waals surface area contributed by atoms with Gasteiger partial charge in [-0.15, -0.1) is 0 Å². The molecule has 30 heavy (non-hydrogen) atoms. The third-order valence-electron chi connectivity index (χ3n) is 4.29. The smallest absolute Gasteiger partial charge is 0.262 e. The van der Waals surface area contributed by atoms with E-state index in [9.17, 15) is 15.2 Å². The van der Waals surface area contributed by atoms with Crippen LogP contribution in [0.15, 0.2) is 48.1 Å². The van der Waals surface area contributed by atoms with Crippen LogP contribution in [0, 0.1) is 18.3 Å². The van der Waals surface area contributed by atoms with Crippen molar-refractivity contribution >= 4 is 12.0 Å². The number of hydrogen-bond donors (Lipinski definition) is 2. The van der Waals surface area contributed by atoms with E-state index in [1.165, 1.54) is 20.3 Å². The monoisotopic (exact) mass is 408 g/mol. The summed E-state index contributed by atoms with van der Waals surface area (Å²) in [5.74, 6) is 0.577. The minimum Gasteiger partial charge on any atom is -0.502 e. The highest BCUT2D eigenvalue weighted by Crippen LogP contribution is 2.37. The third kappa shape index (κ3) is 5.55. The number of phenols is 1. The molecule has 2 rings (SSSR count). The lowest BCUT2D eigenvalue weighted by molar-refractivity contribution is -0.117. The second-order valence-electron chi connectivity index (χ2n) is 6.32. The molecule has 0 unspecified atom stereocenters. The lowest BCUT2D eigenvalue weighted by atomic mass is 10.1. The lowest BCUT2D eigenvalue weighted by Crippen LogP contribution is -2.24. The van der Waals surface area contributed by atoms with Gasteiger partial charge in [0.15, 0.2) is 11.5 Å². The molecule has 0 saturated carbocycles. The van der Waals surface area contributed by atoms with Crippen LogP contribution in [-0.2, 0) is 11.3 Å². The first-order chi connectivity index (χ1) is 14.4. The van der Waals surface area contributed by atoms with E-state index < -0.39 is 5.91 Å². The Morgan fingerprint density at radius 3 is 2.30 bits per heavy atom. The molecule has 2 aromatic rings. The molecule has 2 N–H and O–H groups in total. The molecular formula is C23H24N2O5. The number of hydrogen-bond acceptors (Lipinski definition) is 6. The van der Waals surface area contributed by atoms with Crippen LogP contribution in [0.5, 0.6) is 23.0 Å². The molecule has 7 heteroatoms. The Labute approximate surface area is 175 Å². The number of benzene rings is 2. The van der Waals surface area contributed by atoms with Crippen molar-refractivity contribution in [1.82, 2.24) is 5.32 Å². The summed E-state index contributed by atoms with van der Waals surface area (Å²) in [7, 11) is 4.43. The van der Waals surface area contributed by atoms with E-state index in [0.717, 1.165) is 11.1 Å². The molecule has 0 radical (unpaired) electrons. The number of rotatable bonds is 8. The summed E-state index contributed by atoms with van der Waals surface area (Å²) < 4.78 is 15.5. The van der Waals surface area contributed by atoms with Crippen LogP contribution in [0.1, 0.15) is 16.7 Å². The topological polar surface area (TPSA) is 101 Å². The number of nitrogens with zero attached hydrogens (tertiary/aromatic N) is 1. The number of phenolic OH excluding ortho intramolecular Hbond substituents is 1. The van der Waals surface area contributed by atoms with Gasteiger partial charge in [0.25, 0.3) is 5.91 Å². The van der Waals surface area contributed by atoms with Crippen LogP contribution in [0.4, 0.5) is 0 Å². The SMILES string of the molecule is COc1ccc(C)cc1CNC(=O)/C(C#N)=C/C=C/c1cc(OC)c(O)c(OC)c1. The van der Waals surface area contributed by atoms with Crippen LogP contribution in [0.3, 0.4) is 0 Å². The molecule has 0 fully saturated rings. The van der Waals surface area contributed by atoms with Gasteiger partial charge in [-0.05, 0) is 36.8 Å². The number of nitrogens with one attached hydrogen (secondary N) is 1. The maximum absolute atomic E-state index is 12.4. The van der Waals surface area contributed by atoms with E-state index in [-0.39, 0.29) is 29.4 Å². The molecule has 0 heterocycles. The third-order valence-corrected chi connectivity index (χ3v) is 4.29. The average Bonchev–Trinajstić information content (AvgIpc) is 2.75. The molecule has 0 atom stereocenters. The van der Waals surface area contributed by atoms with Gasteiger partial charge in [-0.2, -0.15) is 5.26 Å². The van der Waals surface area contributed by atoms with Crippen LogP contribution < -0.4 is 19.5 Å². The molecule has 7 nitrogen and oxygen atoms in total. The zero-order valence-electron chi connectivity index (χ0n) is 17.4. The van der Waals surface area contributed by atoms with Crippen LogP contribution in [0.25, 0.3) is 6.08 Å². The molecule has 2 aromatic carbocycles. The molecule has 156 valence electrons. The van der Waals surface area contributed by atoms with Crippen molar-refractivity contribution < 1.29 is 24.1 Å². The molecule has 0 aliphatic rings. The van der Waals surface area contributed by atoms with Crippen molar-refractivity contribution in [2.45, 2.75) is 13.5 Å². The predicted molar refractivity (Wildman–Crippen MR) is 114 cm³/mol. The molecule has 0 saturated heterocycles. The van der Waals surface area contributed by atoms with E-state index in [0.29, 0.717) is 11.3 Å². The van der Waals surface area contributed by atoms with Gasteiger partial charge in [0.1, 0.15) is 17.4 Å². The number of amides is 1. The van der Waals surface area contributed by atoms with Gasteiger partial charge in [-0.25, -0.2) is 0 Å². The number of carbonyl (C=O) groups is 1. The van der Waals surface area contributed by atoms with Gasteiger partial charge in [-0.3, -0.25) is 4.79 Å². The first kappa shape index (κ1) is 22.4. The van der Waals surface area contributed by atoms with Gasteiger partial charge in [0, 0.05) is 12.1 Å². The summed E-state index contributed by atoms with van der Waals surface area (Å²) in [6.07, 6.45) is 4.64. The van der Waals surface area contributed by atoms with Crippen LogP contribution >= 0.6 is 0 Å². The number of ether oxygens (including phenoxy) is 3. The van der Waals surface area contributed by atoms with Crippen LogP contribution in [-0.4, -0.2) is 32.3 Å². The Kier molecular flexibility index (Phi) is 7.89. The van der Waals surface area contributed by atoms with Crippen molar-refractivity contribution in [3.8, 4) is 29.1 Å². The summed E-state index contributed by atoms with van der Waals surface area (Å²) in [4.78, 5) is 12.4. The fourth-order valence-corrected chi connectivity index (χ4v) is 2.75. The highest BCUT2D eigenvalue weighted by atomic mass is 16.5. The van der Waals surface area contributed by atoms with Crippen molar-refractivity contribution in [3.05, 3.63) is 64.7 Å². The minimum atomic E-state index is -0.494. The Morgan fingerprint density at radius 1 is 1.10 bits per heavy atom. The Morgan fingerprint density at radius 2 is 1.73 bits per heavy atom. The number of methoxy groups -OCH3 is 3. The lowest BCUT2D eigenvalue weighted by Gasteiger charge is -2.10. The van der Waals surface area contributed by atoms with E-state index in [1.54, 1.807) is 31.4 Å². The summed E-state index contributed by atoms with van der Waals surface area (Å²) in [5, 5.41) is 22.0. The largest absolute Gasteiger partial charge is 0.502 e. The first-order valence-electron chi connectivity index (χ1n) is 9.08. The second kappa shape index (κ2) is 10.6. The molecular weight excluding hydrogens is 384 g/mol. The Balaban J connectivity index is 2.13. The fourth-order valence-electron chi connectivity index (χ4n) is 2.75. The Hall–Kier alpha value is -3.92. The zero-order valence-corrected chi connectivity index (χ0v) is 17.4. The maximum Gasteiger partial charge on any atom is 0.262 e. The highest BCUT2D eigenvalue weighted by Gasteiger charge is 2.11. The molecule has 1 amide bonds. The number of carbonyl (C=O) groups excluding carboxylic acids is 1. The quantitative estimate of drug-likeness (QED) is 0.394. The van der Waals surface area contributed by atoms with E-state index in [1.807, 2.05) is 31.2 Å². The first-order valence-corrected chi connectivity index (χ1v) is 9.08. The van der Waals surface area contributed by atoms with Crippen molar-refractivity contribution in [2.24, 2.45) is 0 Å². The normalized spacial score (nSPS) is 11.1. The standard InChI is InChI=1S/C23H24N2O5/c1-15-8-9-19(28-2)18(10-15)14-25-23(27)17(13-24)7-5-6-16-11-20(29-3)22(26)21(12-16)30-4/h5-12,26H,14H2,1-4H3,(H,25,27)/b6-5+,17-7+. The maximum atomic E-state index is 12.4. The second-order valence-corrected chi connectivity index (χ2v) is 6.32. The zero-order chi connectivity index (χ0) is 22.1. The summed E-state index contributed by atoms with van der Waals surface area (Å²) in [6.45, 7) is 2.18. The van der Waals surface area contributed by atoms with E-state index in [4.69, 9.17) is 14.2 Å². The van der Waals surface area contributed by atoms with Gasteiger partial charge in [-0.1, -0.05) is 29.8 Å². The Bertz CT molecular complexity index is 994. The molecule has 0 bridgehead atoms. The highest BCUT2D eigenvalue weighted by molar-refractivity contribution is 5.97. The fraction of sp³-hybridized carbons (Fsp3) is 0.217. The summed E-state index contributed by atoms with van der Waals surface area (Å²) in [6, 6.07) is 10.8. The van der Waals surface area contributed by atoms with Crippen molar-refractivity contribution in [2.75, 3.05) is 21.3 Å². The van der Waals surface area contributed by atoms with Crippen LogP contribution in [0.2, 0.25) is 0 Å². The number of allylic oxidation sites excluding steroid dienone is 2. The summed E-state index contributed by atoms with van der Waals surface area (Å²) in [5.41, 5.74) is 2.48. The van der Waals surface area contributed by atoms with E-state index in [2.05, 4.69) is 5.32 Å². The van der Waals surface area contributed by atoms with E-state index >= 15 is 0 Å². The molecule has 0 spiro atoms. The van der Waals surface area contributed by atoms with Gasteiger partial charge in [0.05, 0.1) is 21.3 Å². The number of aromatic hydroxyl groups is 1. The van der Waals surface area contributed by atoms with Gasteiger partial charge in [0.2, 0.25) is 5.75 Å². The van der Waals surface area contributed by atoms with Gasteiger partial charge < -0.3 is 24.6 Å². The average molecular weight is 408 g/mol. The minimum absolute atomic E-state index is 0.0458. The van der Waals surface area contributed by atoms with Crippen molar-refractivity contribution in [1.29, 1.82) is 5.26 Å². The van der Waals surface area contributed by atoms with Gasteiger partial charge >= 0.3 is 0 Å². The van der Waals surface area contributed by atoms with Crippen molar-refractivity contribution in [3.63, 3.8) is 0 Å².